The average molecular weight is 345 g/mol. The summed E-state index contributed by atoms with van der Waals surface area (Å²) in [4.78, 5) is 30.1. The van der Waals surface area contributed by atoms with Gasteiger partial charge >= 0.3 is 6.09 Å². The maximum absolute atomic E-state index is 12.5. The van der Waals surface area contributed by atoms with Gasteiger partial charge in [0.15, 0.2) is 0 Å². The van der Waals surface area contributed by atoms with E-state index in [4.69, 9.17) is 4.74 Å². The Labute approximate surface area is 149 Å². The molecule has 2 aliphatic rings. The lowest BCUT2D eigenvalue weighted by molar-refractivity contribution is -0.133. The van der Waals surface area contributed by atoms with Crippen molar-refractivity contribution in [3.8, 4) is 0 Å². The Morgan fingerprint density at radius 3 is 2.40 bits per heavy atom. The molecule has 0 bridgehead atoms. The summed E-state index contributed by atoms with van der Waals surface area (Å²) < 4.78 is 5.01. The van der Waals surface area contributed by atoms with Gasteiger partial charge in [0.2, 0.25) is 5.91 Å². The molecule has 2 aliphatic heterocycles. The number of ether oxygens (including phenoxy) is 1. The molecule has 1 saturated heterocycles. The molecule has 1 aromatic rings. The molecule has 3 rings (SSSR count). The second-order valence-corrected chi connectivity index (χ2v) is 6.61. The summed E-state index contributed by atoms with van der Waals surface area (Å²) in [5.74, 6) is 0.183. The van der Waals surface area contributed by atoms with E-state index in [0.717, 1.165) is 26.1 Å². The van der Waals surface area contributed by atoms with Gasteiger partial charge in [-0.05, 0) is 24.5 Å². The third kappa shape index (κ3) is 4.51. The summed E-state index contributed by atoms with van der Waals surface area (Å²) in [7, 11) is 0. The topological polar surface area (TPSA) is 53.1 Å². The van der Waals surface area contributed by atoms with Crippen LogP contribution in [0.3, 0.4) is 0 Å². The number of hydrogen-bond acceptors (Lipinski definition) is 4. The molecule has 136 valence electrons. The van der Waals surface area contributed by atoms with Crippen molar-refractivity contribution in [3.63, 3.8) is 0 Å². The van der Waals surface area contributed by atoms with Crippen molar-refractivity contribution < 1.29 is 14.3 Å². The second kappa shape index (κ2) is 8.34. The molecule has 1 fully saturated rings. The predicted molar refractivity (Wildman–Crippen MR) is 95.2 cm³/mol. The van der Waals surface area contributed by atoms with Gasteiger partial charge in [0, 0.05) is 52.2 Å². The first-order chi connectivity index (χ1) is 12.2. The van der Waals surface area contributed by atoms with E-state index in [1.807, 2.05) is 4.90 Å². The van der Waals surface area contributed by atoms with Crippen LogP contribution in [0.5, 0.6) is 0 Å². The molecule has 0 saturated carbocycles. The van der Waals surface area contributed by atoms with E-state index in [-0.39, 0.29) is 12.0 Å². The molecule has 0 radical (unpaired) electrons. The number of amides is 2. The maximum Gasteiger partial charge on any atom is 0.409 e. The number of carbonyl (C=O) groups excluding carboxylic acids is 2. The van der Waals surface area contributed by atoms with Crippen molar-refractivity contribution in [1.82, 2.24) is 14.7 Å². The molecule has 0 aliphatic carbocycles. The smallest absolute Gasteiger partial charge is 0.409 e. The highest BCUT2D eigenvalue weighted by molar-refractivity contribution is 5.77. The molecule has 1 aromatic carbocycles. The molecule has 2 amide bonds. The highest BCUT2D eigenvalue weighted by Gasteiger charge is 2.25. The quantitative estimate of drug-likeness (QED) is 0.834. The Morgan fingerprint density at radius 1 is 1.00 bits per heavy atom. The van der Waals surface area contributed by atoms with E-state index >= 15 is 0 Å². The first-order valence-corrected chi connectivity index (χ1v) is 9.16. The van der Waals surface area contributed by atoms with Gasteiger partial charge in [0.25, 0.3) is 0 Å². The predicted octanol–water partition coefficient (Wildman–Crippen LogP) is 1.74. The summed E-state index contributed by atoms with van der Waals surface area (Å²) in [5.41, 5.74) is 2.81. The summed E-state index contributed by atoms with van der Waals surface area (Å²) >= 11 is 0. The summed E-state index contributed by atoms with van der Waals surface area (Å²) in [6.07, 6.45) is 1.33. The number of fused-ring (bicyclic) bond motifs is 1. The minimum absolute atomic E-state index is 0.183. The minimum atomic E-state index is -0.276. The number of rotatable bonds is 4. The van der Waals surface area contributed by atoms with Gasteiger partial charge in [-0.1, -0.05) is 24.3 Å². The van der Waals surface area contributed by atoms with Crippen molar-refractivity contribution in [2.24, 2.45) is 0 Å². The third-order valence-electron chi connectivity index (χ3n) is 5.01. The number of piperazine rings is 1. The minimum Gasteiger partial charge on any atom is -0.450 e. The maximum atomic E-state index is 12.5. The summed E-state index contributed by atoms with van der Waals surface area (Å²) in [6, 6.07) is 8.54. The second-order valence-electron chi connectivity index (χ2n) is 6.61. The Balaban J connectivity index is 1.41. The molecule has 2 heterocycles. The van der Waals surface area contributed by atoms with Crippen molar-refractivity contribution in [2.45, 2.75) is 26.3 Å². The van der Waals surface area contributed by atoms with E-state index < -0.39 is 0 Å². The van der Waals surface area contributed by atoms with Gasteiger partial charge in [-0.25, -0.2) is 4.79 Å². The zero-order valence-corrected chi connectivity index (χ0v) is 14.9. The van der Waals surface area contributed by atoms with Crippen LogP contribution >= 0.6 is 0 Å². The normalized spacial score (nSPS) is 18.0. The molecule has 25 heavy (non-hydrogen) atoms. The van der Waals surface area contributed by atoms with Crippen LogP contribution in [-0.2, 0) is 22.5 Å². The van der Waals surface area contributed by atoms with E-state index in [1.165, 1.54) is 11.1 Å². The Bertz CT molecular complexity index is 612. The molecule has 0 aromatic heterocycles. The van der Waals surface area contributed by atoms with Crippen LogP contribution in [0.15, 0.2) is 24.3 Å². The summed E-state index contributed by atoms with van der Waals surface area (Å²) in [6.45, 7) is 7.24. The van der Waals surface area contributed by atoms with Crippen LogP contribution in [0.2, 0.25) is 0 Å². The van der Waals surface area contributed by atoms with Crippen LogP contribution in [-0.4, -0.2) is 72.6 Å². The Kier molecular flexibility index (Phi) is 5.91. The lowest BCUT2D eigenvalue weighted by Crippen LogP contribution is -2.51. The van der Waals surface area contributed by atoms with Gasteiger partial charge in [0.1, 0.15) is 0 Å². The van der Waals surface area contributed by atoms with Crippen LogP contribution in [0, 0.1) is 0 Å². The molecular weight excluding hydrogens is 318 g/mol. The van der Waals surface area contributed by atoms with Gasteiger partial charge in [-0.3, -0.25) is 9.69 Å². The number of hydrogen-bond donors (Lipinski definition) is 0. The van der Waals surface area contributed by atoms with Gasteiger partial charge in [-0.15, -0.1) is 0 Å². The molecule has 0 N–H and O–H groups in total. The van der Waals surface area contributed by atoms with Crippen LogP contribution < -0.4 is 0 Å². The zero-order chi connectivity index (χ0) is 17.6. The SMILES string of the molecule is CCOC(=O)N1CCN(C(=O)CCN2CCc3ccccc3C2)CC1. The number of carbonyl (C=O) groups is 2. The molecule has 0 atom stereocenters. The first kappa shape index (κ1) is 17.7. The average Bonchev–Trinajstić information content (AvgIpc) is 2.66. The molecule has 6 heteroatoms. The molecule has 0 unspecified atom stereocenters. The fourth-order valence-corrected chi connectivity index (χ4v) is 3.51. The van der Waals surface area contributed by atoms with Crippen molar-refractivity contribution >= 4 is 12.0 Å². The Morgan fingerprint density at radius 2 is 1.68 bits per heavy atom. The van der Waals surface area contributed by atoms with Crippen LogP contribution in [0.1, 0.15) is 24.5 Å². The van der Waals surface area contributed by atoms with E-state index in [2.05, 4.69) is 29.2 Å². The highest BCUT2D eigenvalue weighted by atomic mass is 16.6. The van der Waals surface area contributed by atoms with Crippen LogP contribution in [0.25, 0.3) is 0 Å². The van der Waals surface area contributed by atoms with Crippen molar-refractivity contribution in [3.05, 3.63) is 35.4 Å². The molecule has 6 nitrogen and oxygen atoms in total. The summed E-state index contributed by atoms with van der Waals surface area (Å²) in [5, 5.41) is 0. The third-order valence-corrected chi connectivity index (χ3v) is 5.01. The lowest BCUT2D eigenvalue weighted by Gasteiger charge is -2.35. The van der Waals surface area contributed by atoms with E-state index in [1.54, 1.807) is 11.8 Å². The largest absolute Gasteiger partial charge is 0.450 e. The molecule has 0 spiro atoms. The zero-order valence-electron chi connectivity index (χ0n) is 14.9. The molecular formula is C19H27N3O3. The fourth-order valence-electron chi connectivity index (χ4n) is 3.51. The van der Waals surface area contributed by atoms with Crippen molar-refractivity contribution in [2.75, 3.05) is 45.9 Å². The Hall–Kier alpha value is -2.08. The van der Waals surface area contributed by atoms with Gasteiger partial charge in [0.05, 0.1) is 6.61 Å². The number of benzene rings is 1. The van der Waals surface area contributed by atoms with E-state index in [9.17, 15) is 9.59 Å². The lowest BCUT2D eigenvalue weighted by atomic mass is 10.00. The monoisotopic (exact) mass is 345 g/mol. The number of nitrogens with zero attached hydrogens (tertiary/aromatic N) is 3. The van der Waals surface area contributed by atoms with Crippen LogP contribution in [0.4, 0.5) is 4.79 Å². The highest BCUT2D eigenvalue weighted by Crippen LogP contribution is 2.18. The van der Waals surface area contributed by atoms with Gasteiger partial charge in [-0.2, -0.15) is 0 Å². The van der Waals surface area contributed by atoms with Gasteiger partial charge < -0.3 is 14.5 Å². The van der Waals surface area contributed by atoms with Crippen molar-refractivity contribution in [1.29, 1.82) is 0 Å². The van der Waals surface area contributed by atoms with E-state index in [0.29, 0.717) is 39.2 Å². The standard InChI is InChI=1S/C19H27N3O3/c1-2-25-19(24)22-13-11-21(12-14-22)18(23)8-10-20-9-7-16-5-3-4-6-17(16)15-20/h3-6H,2,7-15H2,1H3. The first-order valence-electron chi connectivity index (χ1n) is 9.16. The fraction of sp³-hybridized carbons (Fsp3) is 0.579.